The highest BCUT2D eigenvalue weighted by molar-refractivity contribution is 5.95. The average Bonchev–Trinajstić information content (AvgIpc) is 2.71. The lowest BCUT2D eigenvalue weighted by Crippen LogP contribution is -2.33. The molecule has 156 valence electrons. The molecule has 0 saturated heterocycles. The maximum absolute atomic E-state index is 11.9. The summed E-state index contributed by atoms with van der Waals surface area (Å²) in [5, 5.41) is 12.8. The standard InChI is InChI=1S/C27H30O3/c1-6-30-25(29)18-9-7-17(8-10-18)19-13-20-14-22-23(16-21(20)24(28)15-19)27(4,5)12-11-26(22,2)3/h7-10,13-16,28H,6,11-12H2,1-5H3. The third-order valence-corrected chi connectivity index (χ3v) is 6.63. The SMILES string of the molecule is CCOC(=O)c1ccc(-c2cc(O)c3cc4c(cc3c2)C(C)(C)CCC4(C)C)cc1. The maximum Gasteiger partial charge on any atom is 0.338 e. The second kappa shape index (κ2) is 7.16. The van der Waals surface area contributed by atoms with Crippen molar-refractivity contribution in [2.24, 2.45) is 0 Å². The smallest absolute Gasteiger partial charge is 0.338 e. The summed E-state index contributed by atoms with van der Waals surface area (Å²) in [5.74, 6) is -0.0270. The van der Waals surface area contributed by atoms with Crippen molar-refractivity contribution in [3.8, 4) is 16.9 Å². The molecule has 30 heavy (non-hydrogen) atoms. The largest absolute Gasteiger partial charge is 0.507 e. The van der Waals surface area contributed by atoms with Gasteiger partial charge in [0.1, 0.15) is 5.75 Å². The summed E-state index contributed by atoms with van der Waals surface area (Å²) < 4.78 is 5.06. The molecule has 0 heterocycles. The third-order valence-electron chi connectivity index (χ3n) is 6.63. The Morgan fingerprint density at radius 2 is 1.50 bits per heavy atom. The molecule has 1 N–H and O–H groups in total. The van der Waals surface area contributed by atoms with Gasteiger partial charge in [-0.25, -0.2) is 4.79 Å². The van der Waals surface area contributed by atoms with E-state index in [0.717, 1.165) is 34.7 Å². The first kappa shape index (κ1) is 20.5. The van der Waals surface area contributed by atoms with Crippen molar-refractivity contribution in [3.63, 3.8) is 0 Å². The van der Waals surface area contributed by atoms with Crippen LogP contribution in [0.1, 0.15) is 68.9 Å². The van der Waals surface area contributed by atoms with Gasteiger partial charge in [-0.15, -0.1) is 0 Å². The topological polar surface area (TPSA) is 46.5 Å². The zero-order valence-electron chi connectivity index (χ0n) is 18.5. The highest BCUT2D eigenvalue weighted by Gasteiger charge is 2.37. The molecule has 3 heteroatoms. The van der Waals surface area contributed by atoms with Crippen LogP contribution in [0.2, 0.25) is 0 Å². The number of rotatable bonds is 3. The first-order chi connectivity index (χ1) is 14.1. The van der Waals surface area contributed by atoms with Crippen molar-refractivity contribution in [2.45, 2.75) is 58.3 Å². The number of fused-ring (bicyclic) bond motifs is 2. The molecule has 1 aliphatic carbocycles. The van der Waals surface area contributed by atoms with Crippen LogP contribution in [0.4, 0.5) is 0 Å². The van der Waals surface area contributed by atoms with Crippen LogP contribution in [-0.4, -0.2) is 17.7 Å². The van der Waals surface area contributed by atoms with Crippen LogP contribution in [0.25, 0.3) is 21.9 Å². The molecule has 0 atom stereocenters. The Bertz CT molecular complexity index is 1120. The van der Waals surface area contributed by atoms with Crippen LogP contribution < -0.4 is 0 Å². The van der Waals surface area contributed by atoms with Gasteiger partial charge >= 0.3 is 5.97 Å². The maximum atomic E-state index is 11.9. The summed E-state index contributed by atoms with van der Waals surface area (Å²) >= 11 is 0. The Labute approximate surface area is 178 Å². The van der Waals surface area contributed by atoms with Crippen molar-refractivity contribution in [1.29, 1.82) is 0 Å². The van der Waals surface area contributed by atoms with Gasteiger partial charge in [0.05, 0.1) is 12.2 Å². The quantitative estimate of drug-likeness (QED) is 0.494. The van der Waals surface area contributed by atoms with Crippen molar-refractivity contribution < 1.29 is 14.6 Å². The molecule has 0 bridgehead atoms. The van der Waals surface area contributed by atoms with E-state index in [1.807, 2.05) is 18.2 Å². The molecule has 3 aromatic rings. The highest BCUT2D eigenvalue weighted by Crippen LogP contribution is 2.48. The molecular weight excluding hydrogens is 372 g/mol. The number of ether oxygens (including phenoxy) is 1. The minimum Gasteiger partial charge on any atom is -0.507 e. The number of phenols is 1. The summed E-state index contributed by atoms with van der Waals surface area (Å²) in [5.41, 5.74) is 5.36. The van der Waals surface area contributed by atoms with Crippen molar-refractivity contribution in [1.82, 2.24) is 0 Å². The normalized spacial score (nSPS) is 16.8. The van der Waals surface area contributed by atoms with Gasteiger partial charge in [-0.05, 0) is 88.6 Å². The molecular formula is C27H30O3. The summed E-state index contributed by atoms with van der Waals surface area (Å²) in [4.78, 5) is 11.9. The van der Waals surface area contributed by atoms with Gasteiger partial charge < -0.3 is 9.84 Å². The summed E-state index contributed by atoms with van der Waals surface area (Å²) in [6.07, 6.45) is 2.30. The zero-order valence-corrected chi connectivity index (χ0v) is 18.5. The molecule has 3 aromatic carbocycles. The average molecular weight is 403 g/mol. The minimum absolute atomic E-state index is 0.104. The monoisotopic (exact) mass is 402 g/mol. The van der Waals surface area contributed by atoms with Crippen LogP contribution in [0.15, 0.2) is 48.5 Å². The lowest BCUT2D eigenvalue weighted by Gasteiger charge is -2.42. The summed E-state index contributed by atoms with van der Waals surface area (Å²) in [7, 11) is 0. The van der Waals surface area contributed by atoms with E-state index >= 15 is 0 Å². The second-order valence-electron chi connectivity index (χ2n) is 9.68. The molecule has 1 aliphatic rings. The number of hydrogen-bond donors (Lipinski definition) is 1. The molecule has 0 aliphatic heterocycles. The number of aromatic hydroxyl groups is 1. The van der Waals surface area contributed by atoms with E-state index in [2.05, 4.69) is 45.9 Å². The van der Waals surface area contributed by atoms with E-state index in [9.17, 15) is 9.90 Å². The highest BCUT2D eigenvalue weighted by atomic mass is 16.5. The molecule has 0 fully saturated rings. The van der Waals surface area contributed by atoms with E-state index in [0.29, 0.717) is 17.9 Å². The van der Waals surface area contributed by atoms with Crippen LogP contribution in [0, 0.1) is 0 Å². The molecule has 3 nitrogen and oxygen atoms in total. The number of carbonyl (C=O) groups is 1. The Morgan fingerprint density at radius 3 is 2.10 bits per heavy atom. The first-order valence-corrected chi connectivity index (χ1v) is 10.7. The fourth-order valence-corrected chi connectivity index (χ4v) is 4.59. The lowest BCUT2D eigenvalue weighted by molar-refractivity contribution is 0.0526. The van der Waals surface area contributed by atoms with Crippen LogP contribution in [0.5, 0.6) is 5.75 Å². The lowest BCUT2D eigenvalue weighted by atomic mass is 9.63. The molecule has 0 amide bonds. The Hall–Kier alpha value is -2.81. The number of carbonyl (C=O) groups excluding carboxylic acids is 1. The van der Waals surface area contributed by atoms with E-state index < -0.39 is 0 Å². The van der Waals surface area contributed by atoms with Gasteiger partial charge in [-0.1, -0.05) is 45.9 Å². The van der Waals surface area contributed by atoms with E-state index in [4.69, 9.17) is 4.74 Å². The fraction of sp³-hybridized carbons (Fsp3) is 0.370. The molecule has 0 radical (unpaired) electrons. The Morgan fingerprint density at radius 1 is 0.900 bits per heavy atom. The van der Waals surface area contributed by atoms with Gasteiger partial charge in [-0.3, -0.25) is 0 Å². The third kappa shape index (κ3) is 3.47. The van der Waals surface area contributed by atoms with E-state index in [1.54, 1.807) is 19.1 Å². The van der Waals surface area contributed by atoms with Gasteiger partial charge in [0.15, 0.2) is 0 Å². The molecule has 0 spiro atoms. The first-order valence-electron chi connectivity index (χ1n) is 10.7. The Kier molecular flexibility index (Phi) is 4.88. The fourth-order valence-electron chi connectivity index (χ4n) is 4.59. The zero-order chi connectivity index (χ0) is 21.7. The number of hydrogen-bond acceptors (Lipinski definition) is 3. The second-order valence-corrected chi connectivity index (χ2v) is 9.68. The molecule has 0 unspecified atom stereocenters. The van der Waals surface area contributed by atoms with Gasteiger partial charge in [0.25, 0.3) is 0 Å². The predicted molar refractivity (Wildman–Crippen MR) is 122 cm³/mol. The minimum atomic E-state index is -0.318. The van der Waals surface area contributed by atoms with Gasteiger partial charge in [0.2, 0.25) is 0 Å². The number of phenolic OH excluding ortho intramolecular Hbond substituents is 1. The van der Waals surface area contributed by atoms with E-state index in [-0.39, 0.29) is 16.8 Å². The molecule has 0 saturated carbocycles. The van der Waals surface area contributed by atoms with Crippen LogP contribution in [-0.2, 0) is 15.6 Å². The summed E-state index contributed by atoms with van der Waals surface area (Å²) in [6, 6.07) is 15.7. The van der Waals surface area contributed by atoms with Gasteiger partial charge in [0, 0.05) is 5.39 Å². The van der Waals surface area contributed by atoms with Crippen LogP contribution in [0.3, 0.4) is 0 Å². The predicted octanol–water partition coefficient (Wildman–Crippen LogP) is 6.74. The van der Waals surface area contributed by atoms with Crippen molar-refractivity contribution in [3.05, 3.63) is 65.2 Å². The van der Waals surface area contributed by atoms with Crippen molar-refractivity contribution in [2.75, 3.05) is 6.61 Å². The van der Waals surface area contributed by atoms with Crippen molar-refractivity contribution >= 4 is 16.7 Å². The van der Waals surface area contributed by atoms with E-state index in [1.165, 1.54) is 11.1 Å². The molecule has 4 rings (SSSR count). The number of benzene rings is 3. The van der Waals surface area contributed by atoms with Gasteiger partial charge in [-0.2, -0.15) is 0 Å². The van der Waals surface area contributed by atoms with Crippen LogP contribution >= 0.6 is 0 Å². The number of esters is 1. The molecule has 0 aromatic heterocycles. The summed E-state index contributed by atoms with van der Waals surface area (Å²) in [6.45, 7) is 11.4. The Balaban J connectivity index is 1.82.